The molecule has 1 aromatic rings. The molecular formula is C11H12ClNO6S. The Morgan fingerprint density at radius 1 is 1.30 bits per heavy atom. The summed E-state index contributed by atoms with van der Waals surface area (Å²) in [5.41, 5.74) is 0. The van der Waals surface area contributed by atoms with Crippen molar-refractivity contribution in [2.45, 2.75) is 23.8 Å². The maximum atomic E-state index is 12.0. The molecule has 0 amide bonds. The third kappa shape index (κ3) is 4.80. The van der Waals surface area contributed by atoms with Crippen molar-refractivity contribution in [3.63, 3.8) is 0 Å². The maximum Gasteiger partial charge on any atom is 0.321 e. The van der Waals surface area contributed by atoms with Crippen LogP contribution in [0.3, 0.4) is 0 Å². The minimum absolute atomic E-state index is 0.185. The lowest BCUT2D eigenvalue weighted by Crippen LogP contribution is -2.41. The molecular weight excluding hydrogens is 310 g/mol. The summed E-state index contributed by atoms with van der Waals surface area (Å²) in [5, 5.41) is 17.6. The third-order valence-electron chi connectivity index (χ3n) is 2.35. The first kappa shape index (κ1) is 16.4. The summed E-state index contributed by atoms with van der Waals surface area (Å²) in [7, 11) is -4.08. The summed E-state index contributed by atoms with van der Waals surface area (Å²) in [6, 6.07) is 3.78. The smallest absolute Gasteiger partial charge is 0.321 e. The van der Waals surface area contributed by atoms with E-state index in [-0.39, 0.29) is 16.3 Å². The van der Waals surface area contributed by atoms with Gasteiger partial charge < -0.3 is 10.2 Å². The molecule has 0 heterocycles. The monoisotopic (exact) mass is 321 g/mol. The van der Waals surface area contributed by atoms with E-state index >= 15 is 0 Å². The molecule has 1 rings (SSSR count). The van der Waals surface area contributed by atoms with Crippen molar-refractivity contribution in [1.82, 2.24) is 4.72 Å². The summed E-state index contributed by atoms with van der Waals surface area (Å²) >= 11 is 5.67. The zero-order valence-electron chi connectivity index (χ0n) is 10.1. The fraction of sp³-hybridized carbons (Fsp3) is 0.273. The molecule has 110 valence electrons. The lowest BCUT2D eigenvalue weighted by atomic mass is 10.2. The van der Waals surface area contributed by atoms with Crippen LogP contribution in [0.2, 0.25) is 5.02 Å². The van der Waals surface area contributed by atoms with Gasteiger partial charge in [-0.3, -0.25) is 9.59 Å². The summed E-state index contributed by atoms with van der Waals surface area (Å²) < 4.78 is 25.9. The molecule has 0 saturated carbocycles. The SMILES string of the molecule is O=C(O)CC[C@H](NS(=O)(=O)c1cccc(Cl)c1)C(=O)O. The molecule has 3 N–H and O–H groups in total. The van der Waals surface area contributed by atoms with Crippen molar-refractivity contribution in [2.24, 2.45) is 0 Å². The number of nitrogens with one attached hydrogen (secondary N) is 1. The van der Waals surface area contributed by atoms with Crippen molar-refractivity contribution < 1.29 is 28.2 Å². The number of sulfonamides is 1. The van der Waals surface area contributed by atoms with Crippen LogP contribution in [-0.4, -0.2) is 36.6 Å². The van der Waals surface area contributed by atoms with Crippen molar-refractivity contribution in [3.8, 4) is 0 Å². The number of hydrogen-bond acceptors (Lipinski definition) is 4. The van der Waals surface area contributed by atoms with Crippen LogP contribution in [0.1, 0.15) is 12.8 Å². The summed E-state index contributed by atoms with van der Waals surface area (Å²) in [4.78, 5) is 21.2. The Morgan fingerprint density at radius 2 is 1.95 bits per heavy atom. The van der Waals surface area contributed by atoms with Crippen LogP contribution >= 0.6 is 11.6 Å². The van der Waals surface area contributed by atoms with Crippen molar-refractivity contribution in [2.75, 3.05) is 0 Å². The molecule has 9 heteroatoms. The zero-order valence-corrected chi connectivity index (χ0v) is 11.7. The number of carboxylic acid groups (broad SMARTS) is 2. The van der Waals surface area contributed by atoms with Crippen LogP contribution in [-0.2, 0) is 19.6 Å². The predicted molar refractivity (Wildman–Crippen MR) is 70.1 cm³/mol. The minimum atomic E-state index is -4.08. The van der Waals surface area contributed by atoms with Crippen LogP contribution in [0.4, 0.5) is 0 Å². The van der Waals surface area contributed by atoms with Crippen LogP contribution in [0, 0.1) is 0 Å². The molecule has 1 aromatic carbocycles. The van der Waals surface area contributed by atoms with E-state index in [1.165, 1.54) is 24.3 Å². The molecule has 0 saturated heterocycles. The van der Waals surface area contributed by atoms with Crippen LogP contribution < -0.4 is 4.72 Å². The highest BCUT2D eigenvalue weighted by molar-refractivity contribution is 7.89. The number of carboxylic acids is 2. The van der Waals surface area contributed by atoms with Gasteiger partial charge in [0.05, 0.1) is 4.90 Å². The number of carbonyl (C=O) groups is 2. The third-order valence-corrected chi connectivity index (χ3v) is 4.05. The fourth-order valence-corrected chi connectivity index (χ4v) is 2.91. The van der Waals surface area contributed by atoms with E-state index in [9.17, 15) is 18.0 Å². The zero-order chi connectivity index (χ0) is 15.3. The number of hydrogen-bond donors (Lipinski definition) is 3. The Labute approximate surface area is 120 Å². The van der Waals surface area contributed by atoms with Gasteiger partial charge in [-0.15, -0.1) is 0 Å². The highest BCUT2D eigenvalue weighted by Crippen LogP contribution is 2.16. The fourth-order valence-electron chi connectivity index (χ4n) is 1.39. The summed E-state index contributed by atoms with van der Waals surface area (Å²) in [5.74, 6) is -2.66. The second kappa shape index (κ2) is 6.69. The Hall–Kier alpha value is -1.64. The van der Waals surface area contributed by atoms with E-state index < -0.39 is 34.4 Å². The van der Waals surface area contributed by atoms with Crippen molar-refractivity contribution >= 4 is 33.6 Å². The highest BCUT2D eigenvalue weighted by atomic mass is 35.5. The van der Waals surface area contributed by atoms with Crippen molar-refractivity contribution in [3.05, 3.63) is 29.3 Å². The molecule has 0 radical (unpaired) electrons. The van der Waals surface area contributed by atoms with Gasteiger partial charge in [-0.25, -0.2) is 8.42 Å². The van der Waals surface area contributed by atoms with Gasteiger partial charge in [0.2, 0.25) is 10.0 Å². The normalized spacial score (nSPS) is 12.8. The lowest BCUT2D eigenvalue weighted by Gasteiger charge is -2.14. The summed E-state index contributed by atoms with van der Waals surface area (Å²) in [6.45, 7) is 0. The largest absolute Gasteiger partial charge is 0.481 e. The number of aliphatic carboxylic acids is 2. The molecule has 0 aliphatic rings. The van der Waals surface area contributed by atoms with E-state index in [0.717, 1.165) is 0 Å². The summed E-state index contributed by atoms with van der Waals surface area (Å²) in [6.07, 6.45) is -0.820. The second-order valence-corrected chi connectivity index (χ2v) is 6.05. The number of rotatable bonds is 7. The Morgan fingerprint density at radius 3 is 2.45 bits per heavy atom. The standard InChI is InChI=1S/C11H12ClNO6S/c12-7-2-1-3-8(6-7)20(18,19)13-9(11(16)17)4-5-10(14)15/h1-3,6,9,13H,4-5H2,(H,14,15)(H,16,17)/t9-/m0/s1. The quantitative estimate of drug-likeness (QED) is 0.687. The predicted octanol–water partition coefficient (Wildman–Crippen LogP) is 0.936. The van der Waals surface area contributed by atoms with Gasteiger partial charge in [-0.05, 0) is 24.6 Å². The van der Waals surface area contributed by atoms with Crippen LogP contribution in [0.25, 0.3) is 0 Å². The van der Waals surface area contributed by atoms with Gasteiger partial charge in [-0.2, -0.15) is 4.72 Å². The molecule has 0 aliphatic heterocycles. The lowest BCUT2D eigenvalue weighted by molar-refractivity contribution is -0.140. The van der Waals surface area contributed by atoms with Gasteiger partial charge in [0.15, 0.2) is 0 Å². The highest BCUT2D eigenvalue weighted by Gasteiger charge is 2.26. The van der Waals surface area contributed by atoms with Crippen LogP contribution in [0.15, 0.2) is 29.2 Å². The number of halogens is 1. The Kier molecular flexibility index (Phi) is 5.49. The molecule has 0 fully saturated rings. The van der Waals surface area contributed by atoms with E-state index in [0.29, 0.717) is 0 Å². The maximum absolute atomic E-state index is 12.0. The van der Waals surface area contributed by atoms with Crippen LogP contribution in [0.5, 0.6) is 0 Å². The Bertz CT molecular complexity index is 615. The Balaban J connectivity index is 2.91. The van der Waals surface area contributed by atoms with Gasteiger partial charge in [0, 0.05) is 11.4 Å². The van der Waals surface area contributed by atoms with Gasteiger partial charge in [0.25, 0.3) is 0 Å². The first-order valence-electron chi connectivity index (χ1n) is 5.45. The van der Waals surface area contributed by atoms with E-state index in [1.54, 1.807) is 0 Å². The second-order valence-electron chi connectivity index (χ2n) is 3.90. The van der Waals surface area contributed by atoms with Gasteiger partial charge >= 0.3 is 11.9 Å². The first-order chi connectivity index (χ1) is 9.22. The van der Waals surface area contributed by atoms with Gasteiger partial charge in [0.1, 0.15) is 6.04 Å². The van der Waals surface area contributed by atoms with E-state index in [1.807, 2.05) is 4.72 Å². The van der Waals surface area contributed by atoms with Gasteiger partial charge in [-0.1, -0.05) is 17.7 Å². The molecule has 0 bridgehead atoms. The molecule has 0 unspecified atom stereocenters. The average Bonchev–Trinajstić information content (AvgIpc) is 2.34. The molecule has 0 aromatic heterocycles. The first-order valence-corrected chi connectivity index (χ1v) is 7.31. The number of benzene rings is 1. The van der Waals surface area contributed by atoms with Crippen molar-refractivity contribution in [1.29, 1.82) is 0 Å². The molecule has 20 heavy (non-hydrogen) atoms. The van der Waals surface area contributed by atoms with E-state index in [2.05, 4.69) is 0 Å². The average molecular weight is 322 g/mol. The molecule has 7 nitrogen and oxygen atoms in total. The van der Waals surface area contributed by atoms with E-state index in [4.69, 9.17) is 21.8 Å². The molecule has 0 aliphatic carbocycles. The minimum Gasteiger partial charge on any atom is -0.481 e. The molecule has 1 atom stereocenters. The topological polar surface area (TPSA) is 121 Å². The molecule has 0 spiro atoms.